The molecule has 1 fully saturated rings. The number of benzene rings is 1. The maximum absolute atomic E-state index is 13.8. The predicted octanol–water partition coefficient (Wildman–Crippen LogP) is 2.89. The number of pyridine rings is 1. The van der Waals surface area contributed by atoms with Gasteiger partial charge in [0.1, 0.15) is 17.4 Å². The molecule has 0 aliphatic carbocycles. The Hall–Kier alpha value is -3.94. The van der Waals surface area contributed by atoms with Crippen molar-refractivity contribution >= 4 is 29.2 Å². The summed E-state index contributed by atoms with van der Waals surface area (Å²) in [6, 6.07) is 3.58. The van der Waals surface area contributed by atoms with Crippen molar-refractivity contribution in [3.05, 3.63) is 76.0 Å². The highest BCUT2D eigenvalue weighted by molar-refractivity contribution is 6.34. The second-order valence-electron chi connectivity index (χ2n) is 9.80. The number of aliphatic hydroxyl groups excluding tert-OH is 1. The van der Waals surface area contributed by atoms with Gasteiger partial charge in [0, 0.05) is 31.8 Å². The first kappa shape index (κ1) is 29.1. The smallest absolute Gasteiger partial charge is 0.256 e. The van der Waals surface area contributed by atoms with Crippen molar-refractivity contribution in [3.8, 4) is 11.6 Å². The Balaban J connectivity index is 1.38. The van der Waals surface area contributed by atoms with Gasteiger partial charge in [0.05, 0.1) is 29.5 Å². The summed E-state index contributed by atoms with van der Waals surface area (Å²) in [6.45, 7) is 5.84. The monoisotopic (exact) mass is 576 g/mol. The molecule has 1 aromatic carbocycles. The second-order valence-corrected chi connectivity index (χ2v) is 10.2. The molecule has 0 saturated carbocycles. The first-order valence-electron chi connectivity index (χ1n) is 12.2. The number of hydrogen-bond acceptors (Lipinski definition) is 8. The third kappa shape index (κ3) is 6.11. The van der Waals surface area contributed by atoms with Crippen LogP contribution in [-0.2, 0) is 11.4 Å². The van der Waals surface area contributed by atoms with Gasteiger partial charge in [-0.1, -0.05) is 11.6 Å². The molecular formula is C26H27ClF2N6O5. The number of nitrogens with one attached hydrogen (secondary N) is 1. The van der Waals surface area contributed by atoms with Crippen LogP contribution in [0.3, 0.4) is 0 Å². The van der Waals surface area contributed by atoms with Crippen molar-refractivity contribution in [1.29, 1.82) is 0 Å². The average Bonchev–Trinajstić information content (AvgIpc) is 2.90. The third-order valence-corrected chi connectivity index (χ3v) is 7.03. The highest BCUT2D eigenvalue weighted by Gasteiger charge is 2.40. The minimum absolute atomic E-state index is 0.0474. The van der Waals surface area contributed by atoms with Gasteiger partial charge >= 0.3 is 0 Å². The molecule has 0 unspecified atom stereocenters. The lowest BCUT2D eigenvalue weighted by Crippen LogP contribution is -2.63. The number of nitrogens with zero attached hydrogens (tertiary/aromatic N) is 5. The number of piperazine rings is 1. The quantitative estimate of drug-likeness (QED) is 0.324. The third-order valence-electron chi connectivity index (χ3n) is 6.60. The number of aliphatic hydroxyl groups is 1. The molecule has 1 aliphatic heterocycles. The largest absolute Gasteiger partial charge is 0.618 e. The SMILES string of the molecule is C[C@@H](C(=O)Nc1cnc(Oc2ccc(F)cc2F)cn1)N1CCN(C(=O)c2cc[n+]([O-])c(CO)c2Cl)C(C)(C)C1. The topological polar surface area (TPSA) is 135 Å². The second kappa shape index (κ2) is 11.7. The van der Waals surface area contributed by atoms with E-state index in [9.17, 15) is 28.7 Å². The summed E-state index contributed by atoms with van der Waals surface area (Å²) < 4.78 is 32.6. The minimum Gasteiger partial charge on any atom is -0.618 e. The molecule has 1 saturated heterocycles. The molecule has 2 amide bonds. The minimum atomic E-state index is -0.893. The van der Waals surface area contributed by atoms with Crippen LogP contribution in [-0.4, -0.2) is 67.9 Å². The molecule has 0 spiro atoms. The van der Waals surface area contributed by atoms with Gasteiger partial charge in [0.2, 0.25) is 17.5 Å². The number of amides is 2. The van der Waals surface area contributed by atoms with Gasteiger partial charge < -0.3 is 25.3 Å². The van der Waals surface area contributed by atoms with E-state index in [4.69, 9.17) is 16.3 Å². The van der Waals surface area contributed by atoms with Crippen LogP contribution >= 0.6 is 11.6 Å². The van der Waals surface area contributed by atoms with Crippen LogP contribution in [0.1, 0.15) is 36.8 Å². The summed E-state index contributed by atoms with van der Waals surface area (Å²) in [5.74, 6) is -2.51. The molecule has 40 heavy (non-hydrogen) atoms. The van der Waals surface area contributed by atoms with Crippen molar-refractivity contribution in [3.63, 3.8) is 0 Å². The molecule has 14 heteroatoms. The molecule has 1 aliphatic rings. The number of halogens is 3. The first-order valence-corrected chi connectivity index (χ1v) is 12.6. The van der Waals surface area contributed by atoms with E-state index in [1.807, 2.05) is 18.7 Å². The summed E-state index contributed by atoms with van der Waals surface area (Å²) in [7, 11) is 0. The van der Waals surface area contributed by atoms with Gasteiger partial charge in [-0.25, -0.2) is 18.7 Å². The van der Waals surface area contributed by atoms with Crippen molar-refractivity contribution < 1.29 is 32.9 Å². The fourth-order valence-electron chi connectivity index (χ4n) is 4.41. The summed E-state index contributed by atoms with van der Waals surface area (Å²) in [6.07, 6.45) is 3.57. The van der Waals surface area contributed by atoms with Gasteiger partial charge in [0.15, 0.2) is 23.6 Å². The number of rotatable bonds is 7. The summed E-state index contributed by atoms with van der Waals surface area (Å²) >= 11 is 6.24. The summed E-state index contributed by atoms with van der Waals surface area (Å²) in [5, 5.41) is 23.9. The molecule has 212 valence electrons. The van der Waals surface area contributed by atoms with Crippen molar-refractivity contribution in [2.75, 3.05) is 25.0 Å². The van der Waals surface area contributed by atoms with Crippen LogP contribution in [0.2, 0.25) is 5.02 Å². The molecular weight excluding hydrogens is 550 g/mol. The summed E-state index contributed by atoms with van der Waals surface area (Å²) in [5.41, 5.74) is -0.706. The summed E-state index contributed by atoms with van der Waals surface area (Å²) in [4.78, 5) is 37.9. The number of carbonyl (C=O) groups is 2. The van der Waals surface area contributed by atoms with Gasteiger partial charge in [-0.05, 0) is 32.9 Å². The van der Waals surface area contributed by atoms with Gasteiger partial charge in [-0.15, -0.1) is 0 Å². The Labute approximate surface area is 233 Å². The molecule has 0 radical (unpaired) electrons. The van der Waals surface area contributed by atoms with Gasteiger partial charge in [-0.2, -0.15) is 4.73 Å². The first-order chi connectivity index (χ1) is 18.9. The maximum atomic E-state index is 13.8. The lowest BCUT2D eigenvalue weighted by atomic mass is 9.96. The van der Waals surface area contributed by atoms with E-state index in [0.717, 1.165) is 18.3 Å². The lowest BCUT2D eigenvalue weighted by molar-refractivity contribution is -0.616. The molecule has 2 aromatic heterocycles. The molecule has 11 nitrogen and oxygen atoms in total. The van der Waals surface area contributed by atoms with E-state index in [-0.39, 0.29) is 52.1 Å². The molecule has 2 N–H and O–H groups in total. The van der Waals surface area contributed by atoms with E-state index < -0.39 is 29.8 Å². The van der Waals surface area contributed by atoms with Gasteiger partial charge in [0.25, 0.3) is 5.91 Å². The highest BCUT2D eigenvalue weighted by atomic mass is 35.5. The standard InChI is InChI=1S/C26H27ClF2N6O5/c1-15(24(37)32-21-11-31-22(12-30-21)40-20-5-4-16(28)10-18(20)29)33-8-9-34(26(2,3)14-33)25(38)17-6-7-35(39)19(13-36)23(17)27/h4-7,10-12,15,36H,8-9,13-14H2,1-3H3,(H,30,32,37)/t15-/m0/s1. The van der Waals surface area contributed by atoms with Crippen molar-refractivity contribution in [1.82, 2.24) is 19.8 Å². The highest BCUT2D eigenvalue weighted by Crippen LogP contribution is 2.28. The normalized spacial score (nSPS) is 15.9. The van der Waals surface area contributed by atoms with Crippen LogP contribution in [0.4, 0.5) is 14.6 Å². The van der Waals surface area contributed by atoms with Crippen LogP contribution in [0.15, 0.2) is 42.9 Å². The van der Waals surface area contributed by atoms with Crippen molar-refractivity contribution in [2.45, 2.75) is 39.0 Å². The fourth-order valence-corrected chi connectivity index (χ4v) is 4.69. The van der Waals surface area contributed by atoms with Crippen molar-refractivity contribution in [2.24, 2.45) is 0 Å². The molecule has 3 heterocycles. The van der Waals surface area contributed by atoms with Crippen LogP contribution in [0, 0.1) is 16.8 Å². The number of carbonyl (C=O) groups excluding carboxylic acids is 2. The zero-order valence-electron chi connectivity index (χ0n) is 21.9. The zero-order valence-corrected chi connectivity index (χ0v) is 22.7. The van der Waals surface area contributed by atoms with Gasteiger partial charge in [-0.3, -0.25) is 14.5 Å². The predicted molar refractivity (Wildman–Crippen MR) is 140 cm³/mol. The van der Waals surface area contributed by atoms with Crippen LogP contribution in [0.5, 0.6) is 11.6 Å². The number of aromatic nitrogens is 3. The molecule has 0 bridgehead atoms. The van der Waals surface area contributed by atoms with E-state index >= 15 is 0 Å². The fraction of sp³-hybridized carbons (Fsp3) is 0.346. The van der Waals surface area contributed by atoms with E-state index in [1.165, 1.54) is 18.5 Å². The Bertz CT molecular complexity index is 1430. The zero-order chi connectivity index (χ0) is 29.2. The lowest BCUT2D eigenvalue weighted by Gasteiger charge is -2.48. The van der Waals surface area contributed by atoms with E-state index in [2.05, 4.69) is 15.3 Å². The Kier molecular flexibility index (Phi) is 8.47. The van der Waals surface area contributed by atoms with Crippen LogP contribution < -0.4 is 14.8 Å². The van der Waals surface area contributed by atoms with E-state index in [1.54, 1.807) is 11.8 Å². The van der Waals surface area contributed by atoms with E-state index in [0.29, 0.717) is 23.9 Å². The maximum Gasteiger partial charge on any atom is 0.256 e. The van der Waals surface area contributed by atoms with Crippen LogP contribution in [0.25, 0.3) is 0 Å². The number of hydrogen-bond donors (Lipinski definition) is 2. The Morgan fingerprint density at radius 1 is 1.25 bits per heavy atom. The molecule has 4 rings (SSSR count). The Morgan fingerprint density at radius 2 is 2.00 bits per heavy atom. The Morgan fingerprint density at radius 3 is 2.62 bits per heavy atom. The number of anilines is 1. The number of ether oxygens (including phenoxy) is 1. The average molecular weight is 577 g/mol. The molecule has 3 aromatic rings. The molecule has 1 atom stereocenters.